The van der Waals surface area contributed by atoms with E-state index in [0.717, 1.165) is 19.3 Å². The summed E-state index contributed by atoms with van der Waals surface area (Å²) < 4.78 is 5.54. The maximum atomic E-state index is 12.4. The van der Waals surface area contributed by atoms with Crippen LogP contribution in [0.5, 0.6) is 0 Å². The first-order chi connectivity index (χ1) is 9.27. The van der Waals surface area contributed by atoms with Gasteiger partial charge in [0.25, 0.3) is 0 Å². The fraction of sp³-hybridized carbons (Fsp3) is 0.933. The molecule has 2 aliphatic carbocycles. The van der Waals surface area contributed by atoms with Crippen molar-refractivity contribution in [2.75, 3.05) is 13.7 Å². The lowest BCUT2D eigenvalue weighted by Crippen LogP contribution is -2.76. The van der Waals surface area contributed by atoms with E-state index in [9.17, 15) is 9.90 Å². The van der Waals surface area contributed by atoms with Crippen LogP contribution < -0.4 is 5.32 Å². The Hall–Kier alpha value is -0.810. The molecule has 114 valence electrons. The van der Waals surface area contributed by atoms with Crippen molar-refractivity contribution < 1.29 is 14.6 Å². The van der Waals surface area contributed by atoms with E-state index in [-0.39, 0.29) is 29.7 Å². The van der Waals surface area contributed by atoms with Crippen LogP contribution in [0.4, 0.5) is 4.79 Å². The molecule has 0 radical (unpaired) electrons. The summed E-state index contributed by atoms with van der Waals surface area (Å²) >= 11 is 0. The standard InChI is InChI=1S/C15H26N2O3/c1-13(2,3)20-12(19)17-10-5-6-15(10)8-14(9-18,16-4)7-11(15)17/h10-11,16,18H,5-9H2,1-4H3. The summed E-state index contributed by atoms with van der Waals surface area (Å²) in [5.41, 5.74) is -0.433. The summed E-state index contributed by atoms with van der Waals surface area (Å²) in [5, 5.41) is 13.0. The highest BCUT2D eigenvalue weighted by Gasteiger charge is 2.73. The van der Waals surface area contributed by atoms with Crippen molar-refractivity contribution in [2.24, 2.45) is 5.41 Å². The summed E-state index contributed by atoms with van der Waals surface area (Å²) in [5.74, 6) is 0. The van der Waals surface area contributed by atoms with E-state index in [1.807, 2.05) is 32.7 Å². The zero-order valence-electron chi connectivity index (χ0n) is 12.9. The summed E-state index contributed by atoms with van der Waals surface area (Å²) in [6.07, 6.45) is 3.86. The Balaban J connectivity index is 1.77. The molecule has 0 aromatic heterocycles. The summed E-state index contributed by atoms with van der Waals surface area (Å²) in [4.78, 5) is 14.3. The Kier molecular flexibility index (Phi) is 2.90. The number of rotatable bonds is 2. The lowest BCUT2D eigenvalue weighted by atomic mass is 9.53. The molecular formula is C15H26N2O3. The molecule has 5 nitrogen and oxygen atoms in total. The Morgan fingerprint density at radius 1 is 1.45 bits per heavy atom. The minimum atomic E-state index is -0.450. The van der Waals surface area contributed by atoms with Crippen LogP contribution in [0.2, 0.25) is 0 Å². The van der Waals surface area contributed by atoms with Crippen molar-refractivity contribution in [2.45, 2.75) is 69.7 Å². The Labute approximate surface area is 120 Å². The molecule has 1 amide bonds. The zero-order valence-corrected chi connectivity index (χ0v) is 12.9. The van der Waals surface area contributed by atoms with Crippen LogP contribution in [0, 0.1) is 5.41 Å². The van der Waals surface area contributed by atoms with Crippen molar-refractivity contribution >= 4 is 6.09 Å². The monoisotopic (exact) mass is 282 g/mol. The molecule has 2 saturated carbocycles. The lowest BCUT2D eigenvalue weighted by Gasteiger charge is -2.67. The molecule has 0 aromatic carbocycles. The second-order valence-corrected chi connectivity index (χ2v) is 7.76. The van der Waals surface area contributed by atoms with Gasteiger partial charge in [-0.05, 0) is 53.5 Å². The first-order valence-corrected chi connectivity index (χ1v) is 7.58. The average molecular weight is 282 g/mol. The Morgan fingerprint density at radius 2 is 2.15 bits per heavy atom. The SMILES string of the molecule is CNC1(CO)CC2N(C(=O)OC(C)(C)C)C3CCC32C1. The number of amides is 1. The fourth-order valence-corrected chi connectivity index (χ4v) is 4.52. The third-order valence-electron chi connectivity index (χ3n) is 5.57. The van der Waals surface area contributed by atoms with E-state index >= 15 is 0 Å². The minimum Gasteiger partial charge on any atom is -0.444 e. The molecule has 1 saturated heterocycles. The number of carbonyl (C=O) groups is 1. The zero-order chi connectivity index (χ0) is 14.8. The van der Waals surface area contributed by atoms with Crippen LogP contribution in [0.1, 0.15) is 46.5 Å². The number of hydrogen-bond donors (Lipinski definition) is 2. The minimum absolute atomic E-state index is 0.136. The molecule has 2 N–H and O–H groups in total. The quantitative estimate of drug-likeness (QED) is 0.806. The topological polar surface area (TPSA) is 61.8 Å². The number of aliphatic hydroxyl groups excluding tert-OH is 1. The van der Waals surface area contributed by atoms with Crippen LogP contribution in [0.3, 0.4) is 0 Å². The maximum absolute atomic E-state index is 12.4. The van der Waals surface area contributed by atoms with Crippen molar-refractivity contribution in [3.05, 3.63) is 0 Å². The number of nitrogens with zero attached hydrogens (tertiary/aromatic N) is 1. The molecule has 4 atom stereocenters. The van der Waals surface area contributed by atoms with Gasteiger partial charge in [-0.2, -0.15) is 0 Å². The van der Waals surface area contributed by atoms with E-state index in [2.05, 4.69) is 5.32 Å². The highest BCUT2D eigenvalue weighted by Crippen LogP contribution is 2.67. The van der Waals surface area contributed by atoms with Gasteiger partial charge in [0, 0.05) is 23.0 Å². The van der Waals surface area contributed by atoms with E-state index in [1.165, 1.54) is 6.42 Å². The molecule has 1 heterocycles. The van der Waals surface area contributed by atoms with Gasteiger partial charge >= 0.3 is 6.09 Å². The maximum Gasteiger partial charge on any atom is 0.410 e. The molecular weight excluding hydrogens is 256 g/mol. The van der Waals surface area contributed by atoms with Crippen LogP contribution in [-0.4, -0.2) is 53.0 Å². The molecule has 3 aliphatic rings. The smallest absolute Gasteiger partial charge is 0.410 e. The van der Waals surface area contributed by atoms with Gasteiger partial charge in [0.1, 0.15) is 5.60 Å². The van der Waals surface area contributed by atoms with Crippen LogP contribution in [0.15, 0.2) is 0 Å². The summed E-state index contributed by atoms with van der Waals surface area (Å²) in [7, 11) is 1.91. The fourth-order valence-electron chi connectivity index (χ4n) is 4.52. The Bertz CT molecular complexity index is 427. The lowest BCUT2D eigenvalue weighted by molar-refractivity contribution is -0.175. The van der Waals surface area contributed by atoms with Gasteiger partial charge in [0.05, 0.1) is 6.61 Å². The number of carbonyl (C=O) groups excluding carboxylic acids is 1. The number of likely N-dealkylation sites (N-methyl/N-ethyl adjacent to an activating group) is 1. The first kappa shape index (κ1) is 14.1. The number of likely N-dealkylation sites (tertiary alicyclic amines) is 1. The highest BCUT2D eigenvalue weighted by atomic mass is 16.6. The van der Waals surface area contributed by atoms with Gasteiger partial charge in [0.2, 0.25) is 0 Å². The predicted molar refractivity (Wildman–Crippen MR) is 75.4 cm³/mol. The molecule has 1 aliphatic heterocycles. The number of piperidine rings is 1. The number of hydrogen-bond acceptors (Lipinski definition) is 4. The second-order valence-electron chi connectivity index (χ2n) is 7.76. The van der Waals surface area contributed by atoms with E-state index < -0.39 is 5.60 Å². The average Bonchev–Trinajstić information content (AvgIpc) is 2.68. The first-order valence-electron chi connectivity index (χ1n) is 7.58. The van der Waals surface area contributed by atoms with Gasteiger partial charge in [-0.1, -0.05) is 0 Å². The van der Waals surface area contributed by atoms with Crippen LogP contribution in [-0.2, 0) is 4.74 Å². The molecule has 3 fully saturated rings. The van der Waals surface area contributed by atoms with Gasteiger partial charge in [0.15, 0.2) is 0 Å². The molecule has 4 unspecified atom stereocenters. The van der Waals surface area contributed by atoms with Crippen LogP contribution in [0.25, 0.3) is 0 Å². The number of nitrogens with one attached hydrogen (secondary N) is 1. The summed E-state index contributed by atoms with van der Waals surface area (Å²) in [6.45, 7) is 5.84. The number of aliphatic hydroxyl groups is 1. The highest BCUT2D eigenvalue weighted by molar-refractivity contribution is 5.72. The van der Waals surface area contributed by atoms with Gasteiger partial charge in [-0.15, -0.1) is 0 Å². The van der Waals surface area contributed by atoms with Crippen LogP contribution >= 0.6 is 0 Å². The molecule has 0 aromatic rings. The largest absolute Gasteiger partial charge is 0.444 e. The molecule has 5 heteroatoms. The van der Waals surface area contributed by atoms with Gasteiger partial charge in [-0.25, -0.2) is 4.79 Å². The van der Waals surface area contributed by atoms with Crippen molar-refractivity contribution in [1.29, 1.82) is 0 Å². The Morgan fingerprint density at radius 3 is 2.60 bits per heavy atom. The molecule has 0 bridgehead atoms. The van der Waals surface area contributed by atoms with Gasteiger partial charge < -0.3 is 20.1 Å². The molecule has 20 heavy (non-hydrogen) atoms. The summed E-state index contributed by atoms with van der Waals surface area (Å²) in [6, 6.07) is 0.555. The van der Waals surface area contributed by atoms with E-state index in [0.29, 0.717) is 6.04 Å². The van der Waals surface area contributed by atoms with Crippen molar-refractivity contribution in [3.8, 4) is 0 Å². The predicted octanol–water partition coefficient (Wildman–Crippen LogP) is 1.50. The molecule has 1 spiro atoms. The third kappa shape index (κ3) is 1.72. The van der Waals surface area contributed by atoms with Crippen molar-refractivity contribution in [1.82, 2.24) is 10.2 Å². The van der Waals surface area contributed by atoms with E-state index in [1.54, 1.807) is 0 Å². The third-order valence-corrected chi connectivity index (χ3v) is 5.57. The van der Waals surface area contributed by atoms with E-state index in [4.69, 9.17) is 4.74 Å². The van der Waals surface area contributed by atoms with Gasteiger partial charge in [-0.3, -0.25) is 0 Å². The second kappa shape index (κ2) is 4.10. The molecule has 3 rings (SSSR count). The van der Waals surface area contributed by atoms with Crippen molar-refractivity contribution in [3.63, 3.8) is 0 Å². The number of ether oxygens (including phenoxy) is 1. The normalized spacial score (nSPS) is 42.4.